The molecule has 1 aliphatic rings. The fourth-order valence-electron chi connectivity index (χ4n) is 2.61. The van der Waals surface area contributed by atoms with Crippen molar-refractivity contribution in [3.8, 4) is 0 Å². The van der Waals surface area contributed by atoms with Gasteiger partial charge in [0.2, 0.25) is 0 Å². The maximum Gasteiger partial charge on any atom is 0.356 e. The first kappa shape index (κ1) is 12.9. The number of carboxylic acid groups (broad SMARTS) is 1. The number of nitrogens with one attached hydrogen (secondary N) is 1. The largest absolute Gasteiger partial charge is 0.476 e. The van der Waals surface area contributed by atoms with Gasteiger partial charge >= 0.3 is 5.97 Å². The predicted octanol–water partition coefficient (Wildman–Crippen LogP) is 2.01. The molecule has 2 N–H and O–H groups in total. The molecule has 1 saturated heterocycles. The Morgan fingerprint density at radius 3 is 3.15 bits per heavy atom. The van der Waals surface area contributed by atoms with Gasteiger partial charge in [0, 0.05) is 12.8 Å². The smallest absolute Gasteiger partial charge is 0.356 e. The number of aromatic carboxylic acids is 1. The van der Waals surface area contributed by atoms with Crippen molar-refractivity contribution in [3.63, 3.8) is 0 Å². The highest BCUT2D eigenvalue weighted by atomic mass is 16.5. The summed E-state index contributed by atoms with van der Waals surface area (Å²) in [5.41, 5.74) is 0.775. The monoisotopic (exact) mass is 275 g/mol. The molecule has 0 aliphatic carbocycles. The molecule has 1 aliphatic heterocycles. The summed E-state index contributed by atoms with van der Waals surface area (Å²) in [5, 5.41) is 12.6. The summed E-state index contributed by atoms with van der Waals surface area (Å²) in [5.74, 6) is -0.600. The van der Waals surface area contributed by atoms with Gasteiger partial charge in [-0.15, -0.1) is 0 Å². The van der Waals surface area contributed by atoms with E-state index in [0.717, 1.165) is 19.4 Å². The third-order valence-corrected chi connectivity index (χ3v) is 3.62. The zero-order valence-corrected chi connectivity index (χ0v) is 11.2. The molecule has 0 aromatic carbocycles. The third kappa shape index (κ3) is 2.22. The van der Waals surface area contributed by atoms with E-state index in [1.807, 2.05) is 13.0 Å². The second-order valence-corrected chi connectivity index (χ2v) is 5.03. The molecule has 3 rings (SSSR count). The predicted molar refractivity (Wildman–Crippen MR) is 74.2 cm³/mol. The number of pyridine rings is 1. The van der Waals surface area contributed by atoms with Crippen molar-refractivity contribution in [2.24, 2.45) is 0 Å². The van der Waals surface area contributed by atoms with E-state index < -0.39 is 5.97 Å². The van der Waals surface area contributed by atoms with Crippen LogP contribution in [-0.4, -0.2) is 39.2 Å². The van der Waals surface area contributed by atoms with Gasteiger partial charge in [-0.3, -0.25) is 4.40 Å². The molecule has 2 aromatic heterocycles. The van der Waals surface area contributed by atoms with E-state index in [1.54, 1.807) is 22.7 Å². The zero-order valence-electron chi connectivity index (χ0n) is 11.2. The SMILES string of the molecule is CC(Nc1nc2ccccn2c1C(=O)O)C1CCCO1. The maximum absolute atomic E-state index is 11.5. The summed E-state index contributed by atoms with van der Waals surface area (Å²) < 4.78 is 7.19. The first-order chi connectivity index (χ1) is 9.66. The van der Waals surface area contributed by atoms with Gasteiger partial charge in [0.15, 0.2) is 11.5 Å². The number of hydrogen-bond donors (Lipinski definition) is 2. The van der Waals surface area contributed by atoms with E-state index >= 15 is 0 Å². The number of hydrogen-bond acceptors (Lipinski definition) is 4. The molecule has 0 bridgehead atoms. The highest BCUT2D eigenvalue weighted by Gasteiger charge is 2.25. The lowest BCUT2D eigenvalue weighted by atomic mass is 10.1. The van der Waals surface area contributed by atoms with Gasteiger partial charge in [0.25, 0.3) is 0 Å². The molecule has 1 fully saturated rings. The van der Waals surface area contributed by atoms with Crippen molar-refractivity contribution in [1.29, 1.82) is 0 Å². The van der Waals surface area contributed by atoms with Crippen LogP contribution in [0.3, 0.4) is 0 Å². The van der Waals surface area contributed by atoms with Crippen LogP contribution in [0.4, 0.5) is 5.82 Å². The van der Waals surface area contributed by atoms with Gasteiger partial charge < -0.3 is 15.2 Å². The Balaban J connectivity index is 1.93. The van der Waals surface area contributed by atoms with Crippen LogP contribution in [-0.2, 0) is 4.74 Å². The van der Waals surface area contributed by atoms with Crippen LogP contribution >= 0.6 is 0 Å². The standard InChI is InChI=1S/C14H17N3O3/c1-9(10-5-4-8-20-10)15-13-12(14(18)19)17-7-3-2-6-11(17)16-13/h2-3,6-7,9-10,15H,4-5,8H2,1H3,(H,18,19). The van der Waals surface area contributed by atoms with E-state index in [-0.39, 0.29) is 17.8 Å². The Hall–Kier alpha value is -2.08. The molecule has 6 nitrogen and oxygen atoms in total. The fraction of sp³-hybridized carbons (Fsp3) is 0.429. The van der Waals surface area contributed by atoms with Gasteiger partial charge in [0.1, 0.15) is 5.65 Å². The van der Waals surface area contributed by atoms with Crippen LogP contribution in [0.1, 0.15) is 30.3 Å². The molecule has 3 heterocycles. The van der Waals surface area contributed by atoms with Crippen molar-refractivity contribution in [2.45, 2.75) is 31.9 Å². The molecule has 0 saturated carbocycles. The summed E-state index contributed by atoms with van der Waals surface area (Å²) in [6, 6.07) is 5.44. The normalized spacial score (nSPS) is 20.1. The molecule has 6 heteroatoms. The summed E-state index contributed by atoms with van der Waals surface area (Å²) >= 11 is 0. The van der Waals surface area contributed by atoms with Crippen LogP contribution in [0.2, 0.25) is 0 Å². The number of carbonyl (C=O) groups is 1. The quantitative estimate of drug-likeness (QED) is 0.892. The molecular formula is C14H17N3O3. The van der Waals surface area contributed by atoms with Crippen molar-refractivity contribution in [1.82, 2.24) is 9.38 Å². The molecule has 20 heavy (non-hydrogen) atoms. The second kappa shape index (κ2) is 5.13. The van der Waals surface area contributed by atoms with Gasteiger partial charge in [-0.2, -0.15) is 0 Å². The molecule has 0 spiro atoms. The number of nitrogens with zero attached hydrogens (tertiary/aromatic N) is 2. The molecule has 2 unspecified atom stereocenters. The van der Waals surface area contributed by atoms with E-state index in [1.165, 1.54) is 0 Å². The molecule has 2 aromatic rings. The number of anilines is 1. The minimum absolute atomic E-state index is 0.0283. The van der Waals surface area contributed by atoms with Crippen molar-refractivity contribution in [2.75, 3.05) is 11.9 Å². The Kier molecular flexibility index (Phi) is 3.31. The van der Waals surface area contributed by atoms with Gasteiger partial charge in [-0.05, 0) is 31.9 Å². The molecule has 0 amide bonds. The number of fused-ring (bicyclic) bond motifs is 1. The van der Waals surface area contributed by atoms with Gasteiger partial charge in [-0.1, -0.05) is 6.07 Å². The summed E-state index contributed by atoms with van der Waals surface area (Å²) in [6.07, 6.45) is 3.85. The Morgan fingerprint density at radius 2 is 2.45 bits per heavy atom. The first-order valence-corrected chi connectivity index (χ1v) is 6.75. The lowest BCUT2D eigenvalue weighted by molar-refractivity contribution is 0.0689. The Morgan fingerprint density at radius 1 is 1.60 bits per heavy atom. The van der Waals surface area contributed by atoms with E-state index in [4.69, 9.17) is 4.74 Å². The van der Waals surface area contributed by atoms with Crippen LogP contribution in [0.5, 0.6) is 0 Å². The molecular weight excluding hydrogens is 258 g/mol. The van der Waals surface area contributed by atoms with E-state index in [2.05, 4.69) is 10.3 Å². The van der Waals surface area contributed by atoms with Crippen LogP contribution < -0.4 is 5.32 Å². The first-order valence-electron chi connectivity index (χ1n) is 6.75. The van der Waals surface area contributed by atoms with Crippen LogP contribution in [0, 0.1) is 0 Å². The average molecular weight is 275 g/mol. The van der Waals surface area contributed by atoms with E-state index in [9.17, 15) is 9.90 Å². The van der Waals surface area contributed by atoms with Crippen LogP contribution in [0.25, 0.3) is 5.65 Å². The average Bonchev–Trinajstić information content (AvgIpc) is 3.05. The van der Waals surface area contributed by atoms with Gasteiger partial charge in [0.05, 0.1) is 12.1 Å². The van der Waals surface area contributed by atoms with E-state index in [0.29, 0.717) is 11.5 Å². The number of ether oxygens (including phenoxy) is 1. The van der Waals surface area contributed by atoms with Crippen molar-refractivity contribution >= 4 is 17.4 Å². The summed E-state index contributed by atoms with van der Waals surface area (Å²) in [4.78, 5) is 15.8. The lowest BCUT2D eigenvalue weighted by Gasteiger charge is -2.20. The Bertz CT molecular complexity index is 632. The van der Waals surface area contributed by atoms with Crippen molar-refractivity contribution < 1.29 is 14.6 Å². The van der Waals surface area contributed by atoms with Gasteiger partial charge in [-0.25, -0.2) is 9.78 Å². The fourth-order valence-corrected chi connectivity index (χ4v) is 2.61. The molecule has 0 radical (unpaired) electrons. The number of aromatic nitrogens is 2. The topological polar surface area (TPSA) is 75.9 Å². The maximum atomic E-state index is 11.5. The van der Waals surface area contributed by atoms with Crippen molar-refractivity contribution in [3.05, 3.63) is 30.1 Å². The molecule has 2 atom stereocenters. The number of rotatable bonds is 4. The summed E-state index contributed by atoms with van der Waals surface area (Å²) in [7, 11) is 0. The van der Waals surface area contributed by atoms with Crippen LogP contribution in [0.15, 0.2) is 24.4 Å². The number of carboxylic acids is 1. The minimum Gasteiger partial charge on any atom is -0.476 e. The highest BCUT2D eigenvalue weighted by molar-refractivity contribution is 5.93. The zero-order chi connectivity index (χ0) is 14.1. The summed E-state index contributed by atoms with van der Waals surface area (Å²) in [6.45, 7) is 2.76. The highest BCUT2D eigenvalue weighted by Crippen LogP contribution is 2.22. The number of imidazole rings is 1. The Labute approximate surface area is 116 Å². The minimum atomic E-state index is -0.995. The third-order valence-electron chi connectivity index (χ3n) is 3.62. The second-order valence-electron chi connectivity index (χ2n) is 5.03. The lowest BCUT2D eigenvalue weighted by Crippen LogP contribution is -2.30. The molecule has 106 valence electrons.